The van der Waals surface area contributed by atoms with Crippen molar-refractivity contribution in [3.8, 4) is 0 Å². The van der Waals surface area contributed by atoms with Gasteiger partial charge in [0.15, 0.2) is 0 Å². The molecule has 1 aromatic carbocycles. The van der Waals surface area contributed by atoms with Gasteiger partial charge in [0.05, 0.1) is 5.56 Å². The van der Waals surface area contributed by atoms with Gasteiger partial charge in [0.1, 0.15) is 0 Å². The third-order valence-electron chi connectivity index (χ3n) is 3.27. The lowest BCUT2D eigenvalue weighted by atomic mass is 10.1. The molecule has 0 radical (unpaired) electrons. The first-order chi connectivity index (χ1) is 8.19. The van der Waals surface area contributed by atoms with Crippen LogP contribution < -0.4 is 0 Å². The first kappa shape index (κ1) is 12.1. The molecule has 0 unspecified atom stereocenters. The lowest BCUT2D eigenvalue weighted by Gasteiger charge is -2.20. The van der Waals surface area contributed by atoms with Crippen molar-refractivity contribution in [3.05, 3.63) is 35.4 Å². The van der Waals surface area contributed by atoms with Gasteiger partial charge in [-0.1, -0.05) is 19.1 Å². The van der Waals surface area contributed by atoms with Crippen LogP contribution in [0.2, 0.25) is 0 Å². The highest BCUT2D eigenvalue weighted by atomic mass is 16.4. The predicted molar refractivity (Wildman–Crippen MR) is 67.1 cm³/mol. The van der Waals surface area contributed by atoms with Gasteiger partial charge in [-0.15, -0.1) is 0 Å². The molecule has 1 fully saturated rings. The van der Waals surface area contributed by atoms with Crippen LogP contribution in [-0.2, 0) is 6.54 Å². The zero-order valence-corrected chi connectivity index (χ0v) is 10.2. The highest BCUT2D eigenvalue weighted by molar-refractivity contribution is 5.87. The predicted octanol–water partition coefficient (Wildman–Crippen LogP) is 2.62. The summed E-state index contributed by atoms with van der Waals surface area (Å²) >= 11 is 0. The van der Waals surface area contributed by atoms with E-state index in [2.05, 4.69) is 11.8 Å². The minimum atomic E-state index is -0.859. The first-order valence-electron chi connectivity index (χ1n) is 6.23. The smallest absolute Gasteiger partial charge is 0.335 e. The summed E-state index contributed by atoms with van der Waals surface area (Å²) < 4.78 is 0. The zero-order valence-electron chi connectivity index (χ0n) is 10.2. The minimum absolute atomic E-state index is 0.360. The van der Waals surface area contributed by atoms with Crippen molar-refractivity contribution in [1.82, 2.24) is 4.90 Å². The normalized spacial score (nSPS) is 15.2. The van der Waals surface area contributed by atoms with E-state index in [1.54, 1.807) is 12.1 Å². The van der Waals surface area contributed by atoms with E-state index < -0.39 is 5.97 Å². The van der Waals surface area contributed by atoms with Crippen LogP contribution in [0.1, 0.15) is 35.7 Å². The molecule has 3 nitrogen and oxygen atoms in total. The molecule has 1 aliphatic carbocycles. The van der Waals surface area contributed by atoms with Gasteiger partial charge in [0.25, 0.3) is 0 Å². The standard InChI is InChI=1S/C14H19NO2/c1-2-15(9-11-3-4-11)10-12-5-7-13(8-6-12)14(16)17/h5-8,11H,2-4,9-10H2,1H3,(H,16,17). The lowest BCUT2D eigenvalue weighted by Crippen LogP contribution is -2.25. The Kier molecular flexibility index (Phi) is 3.79. The zero-order chi connectivity index (χ0) is 12.3. The van der Waals surface area contributed by atoms with E-state index in [1.807, 2.05) is 12.1 Å². The van der Waals surface area contributed by atoms with Crippen molar-refractivity contribution >= 4 is 5.97 Å². The maximum absolute atomic E-state index is 10.7. The van der Waals surface area contributed by atoms with E-state index in [9.17, 15) is 4.79 Å². The Labute approximate surface area is 102 Å². The topological polar surface area (TPSA) is 40.5 Å². The van der Waals surface area contributed by atoms with E-state index in [4.69, 9.17) is 5.11 Å². The summed E-state index contributed by atoms with van der Waals surface area (Å²) in [7, 11) is 0. The first-order valence-corrected chi connectivity index (χ1v) is 6.23. The molecule has 1 aromatic rings. The van der Waals surface area contributed by atoms with Crippen LogP contribution in [0.25, 0.3) is 0 Å². The van der Waals surface area contributed by atoms with Gasteiger partial charge < -0.3 is 5.11 Å². The van der Waals surface area contributed by atoms with Crippen molar-refractivity contribution in [2.75, 3.05) is 13.1 Å². The number of hydrogen-bond acceptors (Lipinski definition) is 2. The summed E-state index contributed by atoms with van der Waals surface area (Å²) in [4.78, 5) is 13.2. The average Bonchev–Trinajstić information content (AvgIpc) is 3.13. The Hall–Kier alpha value is -1.35. The highest BCUT2D eigenvalue weighted by Gasteiger charge is 2.23. The molecule has 2 rings (SSSR count). The number of hydrogen-bond donors (Lipinski definition) is 1. The number of carbonyl (C=O) groups is 1. The van der Waals surface area contributed by atoms with E-state index in [-0.39, 0.29) is 0 Å². The molecule has 0 bridgehead atoms. The third-order valence-corrected chi connectivity index (χ3v) is 3.27. The molecular weight excluding hydrogens is 214 g/mol. The minimum Gasteiger partial charge on any atom is -0.478 e. The van der Waals surface area contributed by atoms with Crippen LogP contribution in [-0.4, -0.2) is 29.1 Å². The van der Waals surface area contributed by atoms with Crippen molar-refractivity contribution in [3.63, 3.8) is 0 Å². The molecule has 0 heterocycles. The number of carboxylic acids is 1. The largest absolute Gasteiger partial charge is 0.478 e. The maximum Gasteiger partial charge on any atom is 0.335 e. The molecule has 17 heavy (non-hydrogen) atoms. The molecule has 0 atom stereocenters. The van der Waals surface area contributed by atoms with Gasteiger partial charge in [0.2, 0.25) is 0 Å². The third kappa shape index (κ3) is 3.56. The van der Waals surface area contributed by atoms with Gasteiger partial charge in [0, 0.05) is 13.1 Å². The second kappa shape index (κ2) is 5.32. The van der Waals surface area contributed by atoms with Crippen LogP contribution in [0.15, 0.2) is 24.3 Å². The van der Waals surface area contributed by atoms with E-state index in [1.165, 1.54) is 24.9 Å². The molecule has 0 spiro atoms. The Bertz CT molecular complexity index is 382. The summed E-state index contributed by atoms with van der Waals surface area (Å²) in [6, 6.07) is 7.20. The number of rotatable bonds is 6. The fourth-order valence-electron chi connectivity index (χ4n) is 1.98. The Morgan fingerprint density at radius 2 is 2.00 bits per heavy atom. The van der Waals surface area contributed by atoms with Crippen molar-refractivity contribution in [2.24, 2.45) is 5.92 Å². The average molecular weight is 233 g/mol. The molecular formula is C14H19NO2. The van der Waals surface area contributed by atoms with Crippen LogP contribution in [0.3, 0.4) is 0 Å². The van der Waals surface area contributed by atoms with Gasteiger partial charge in [-0.05, 0) is 43.0 Å². The van der Waals surface area contributed by atoms with Gasteiger partial charge in [-0.25, -0.2) is 4.79 Å². The van der Waals surface area contributed by atoms with Crippen molar-refractivity contribution in [1.29, 1.82) is 0 Å². The molecule has 0 aliphatic heterocycles. The summed E-state index contributed by atoms with van der Waals surface area (Å²) in [6.45, 7) is 5.33. The molecule has 1 N–H and O–H groups in total. The number of benzene rings is 1. The van der Waals surface area contributed by atoms with Crippen LogP contribution in [0.4, 0.5) is 0 Å². The van der Waals surface area contributed by atoms with Crippen LogP contribution in [0.5, 0.6) is 0 Å². The van der Waals surface area contributed by atoms with E-state index >= 15 is 0 Å². The summed E-state index contributed by atoms with van der Waals surface area (Å²) in [5.74, 6) is 0.0371. The second-order valence-electron chi connectivity index (χ2n) is 4.77. The number of aromatic carboxylic acids is 1. The molecule has 92 valence electrons. The number of nitrogens with zero attached hydrogens (tertiary/aromatic N) is 1. The summed E-state index contributed by atoms with van der Waals surface area (Å²) in [6.07, 6.45) is 2.74. The van der Waals surface area contributed by atoms with Crippen LogP contribution in [0, 0.1) is 5.92 Å². The fraction of sp³-hybridized carbons (Fsp3) is 0.500. The lowest BCUT2D eigenvalue weighted by molar-refractivity contribution is 0.0697. The molecule has 1 saturated carbocycles. The molecule has 0 amide bonds. The quantitative estimate of drug-likeness (QED) is 0.821. The SMILES string of the molecule is CCN(Cc1ccc(C(=O)O)cc1)CC1CC1. The van der Waals surface area contributed by atoms with Gasteiger partial charge >= 0.3 is 5.97 Å². The van der Waals surface area contributed by atoms with E-state index in [0.717, 1.165) is 19.0 Å². The number of carboxylic acid groups (broad SMARTS) is 1. The van der Waals surface area contributed by atoms with Gasteiger partial charge in [-0.3, -0.25) is 4.90 Å². The second-order valence-corrected chi connectivity index (χ2v) is 4.77. The Morgan fingerprint density at radius 1 is 1.35 bits per heavy atom. The maximum atomic E-state index is 10.7. The van der Waals surface area contributed by atoms with E-state index in [0.29, 0.717) is 5.56 Å². The highest BCUT2D eigenvalue weighted by Crippen LogP contribution is 2.30. The Balaban J connectivity index is 1.94. The fourth-order valence-corrected chi connectivity index (χ4v) is 1.98. The Morgan fingerprint density at radius 3 is 2.47 bits per heavy atom. The molecule has 3 heteroatoms. The van der Waals surface area contributed by atoms with Gasteiger partial charge in [-0.2, -0.15) is 0 Å². The van der Waals surface area contributed by atoms with Crippen molar-refractivity contribution < 1.29 is 9.90 Å². The molecule has 1 aliphatic rings. The summed E-state index contributed by atoms with van der Waals surface area (Å²) in [5, 5.41) is 8.82. The molecule has 0 aromatic heterocycles. The summed E-state index contributed by atoms with van der Waals surface area (Å²) in [5.41, 5.74) is 1.55. The van der Waals surface area contributed by atoms with Crippen molar-refractivity contribution in [2.45, 2.75) is 26.3 Å². The van der Waals surface area contributed by atoms with Crippen LogP contribution >= 0.6 is 0 Å². The monoisotopic (exact) mass is 233 g/mol. The molecule has 0 saturated heterocycles.